The van der Waals surface area contributed by atoms with E-state index in [4.69, 9.17) is 4.74 Å². The van der Waals surface area contributed by atoms with Gasteiger partial charge in [0.2, 0.25) is 0 Å². The van der Waals surface area contributed by atoms with Crippen LogP contribution in [0.25, 0.3) is 5.52 Å². The Morgan fingerprint density at radius 3 is 2.23 bits per heavy atom. The number of fused-ring (bicyclic) bond motifs is 1. The molecule has 1 saturated heterocycles. The number of hydrogen-bond donors (Lipinski definition) is 0. The molecule has 0 unspecified atom stereocenters. The minimum atomic E-state index is -0.426. The van der Waals surface area contributed by atoms with E-state index in [1.807, 2.05) is 53.0 Å². The van der Waals surface area contributed by atoms with Crippen LogP contribution in [0, 0.1) is 5.92 Å². The molecule has 2 aliphatic rings. The van der Waals surface area contributed by atoms with E-state index in [0.29, 0.717) is 5.92 Å². The molecule has 2 aromatic heterocycles. The summed E-state index contributed by atoms with van der Waals surface area (Å²) in [5.41, 5.74) is 2.02. The number of esters is 1. The number of carbonyl (C=O) groups is 1. The van der Waals surface area contributed by atoms with Gasteiger partial charge in [-0.25, -0.2) is 9.50 Å². The van der Waals surface area contributed by atoms with Crippen LogP contribution in [0.15, 0.2) is 17.0 Å². The maximum atomic E-state index is 12.3. The van der Waals surface area contributed by atoms with Gasteiger partial charge in [0.1, 0.15) is 22.0 Å². The van der Waals surface area contributed by atoms with E-state index in [9.17, 15) is 4.79 Å². The molecule has 0 N–H and O–H groups in total. The van der Waals surface area contributed by atoms with Crippen molar-refractivity contribution in [2.45, 2.75) is 85.7 Å². The summed E-state index contributed by atoms with van der Waals surface area (Å²) in [6.45, 7) is 15.4. The first-order chi connectivity index (χ1) is 14.3. The molecule has 0 radical (unpaired) electrons. The summed E-state index contributed by atoms with van der Waals surface area (Å²) in [7, 11) is 0. The van der Waals surface area contributed by atoms with E-state index in [1.165, 1.54) is 18.4 Å². The van der Waals surface area contributed by atoms with Crippen LogP contribution >= 0.6 is 15.9 Å². The predicted molar refractivity (Wildman–Crippen MR) is 126 cm³/mol. The number of ether oxygens (including phenoxy) is 1. The van der Waals surface area contributed by atoms with E-state index < -0.39 is 5.60 Å². The zero-order valence-corrected chi connectivity index (χ0v) is 21.1. The third-order valence-corrected chi connectivity index (χ3v) is 5.64. The van der Waals surface area contributed by atoms with E-state index in [0.717, 1.165) is 41.9 Å². The maximum Gasteiger partial charge on any atom is 0.309 e. The zero-order chi connectivity index (χ0) is 22.5. The van der Waals surface area contributed by atoms with Crippen LogP contribution in [-0.4, -0.2) is 39.3 Å². The van der Waals surface area contributed by atoms with E-state index in [2.05, 4.69) is 37.0 Å². The smallest absolute Gasteiger partial charge is 0.309 e. The second-order valence-electron chi connectivity index (χ2n) is 8.34. The SMILES string of the molecule is CC.CC.CC(C)(C)OC(=O)C1CCN(c2ncnn3c(Br)cc(C4CC4)c23)CC1. The minimum absolute atomic E-state index is 0.0234. The first-order valence-corrected chi connectivity index (χ1v) is 12.1. The molecule has 0 aromatic carbocycles. The fourth-order valence-electron chi connectivity index (χ4n) is 3.67. The summed E-state index contributed by atoms with van der Waals surface area (Å²) in [6.07, 6.45) is 5.68. The van der Waals surface area contributed by atoms with Crippen LogP contribution in [0.2, 0.25) is 0 Å². The molecule has 0 bridgehead atoms. The Morgan fingerprint density at radius 2 is 1.70 bits per heavy atom. The normalized spacial score (nSPS) is 17.0. The van der Waals surface area contributed by atoms with Gasteiger partial charge in [0, 0.05) is 13.1 Å². The highest BCUT2D eigenvalue weighted by molar-refractivity contribution is 9.10. The molecule has 0 atom stereocenters. The van der Waals surface area contributed by atoms with Crippen molar-refractivity contribution >= 4 is 33.2 Å². The third-order valence-electron chi connectivity index (χ3n) is 5.07. The van der Waals surface area contributed by atoms with Crippen molar-refractivity contribution < 1.29 is 9.53 Å². The van der Waals surface area contributed by atoms with Crippen molar-refractivity contribution in [3.63, 3.8) is 0 Å². The molecule has 2 fully saturated rings. The van der Waals surface area contributed by atoms with Crippen LogP contribution in [0.5, 0.6) is 0 Å². The Hall–Kier alpha value is -1.63. The monoisotopic (exact) mass is 480 g/mol. The number of rotatable bonds is 3. The standard InChI is InChI=1S/C19H25BrN4O2.2C2H6/c1-19(2,3)26-18(25)13-6-8-23(9-7-13)17-16-14(12-4-5-12)10-15(20)24(16)22-11-21-17;2*1-2/h10-13H,4-9H2,1-3H3;2*1-2H3. The molecule has 1 aliphatic carbocycles. The van der Waals surface area contributed by atoms with Gasteiger partial charge in [-0.15, -0.1) is 0 Å². The Balaban J connectivity index is 0.000000757. The molecule has 2 aromatic rings. The van der Waals surface area contributed by atoms with Crippen molar-refractivity contribution in [2.24, 2.45) is 5.92 Å². The number of halogens is 1. The fourth-order valence-corrected chi connectivity index (χ4v) is 4.18. The van der Waals surface area contributed by atoms with Gasteiger partial charge in [-0.1, -0.05) is 27.7 Å². The lowest BCUT2D eigenvalue weighted by Crippen LogP contribution is -2.39. The van der Waals surface area contributed by atoms with Crippen molar-refractivity contribution in [1.82, 2.24) is 14.6 Å². The quantitative estimate of drug-likeness (QED) is 0.505. The summed E-state index contributed by atoms with van der Waals surface area (Å²) in [5, 5.41) is 4.41. The molecule has 4 rings (SSSR count). The van der Waals surface area contributed by atoms with Crippen molar-refractivity contribution in [3.8, 4) is 0 Å². The predicted octanol–water partition coefficient (Wildman–Crippen LogP) is 5.98. The molecule has 1 aliphatic heterocycles. The van der Waals surface area contributed by atoms with Gasteiger partial charge in [0.25, 0.3) is 0 Å². The van der Waals surface area contributed by atoms with Crippen LogP contribution in [0.4, 0.5) is 5.82 Å². The van der Waals surface area contributed by atoms with Gasteiger partial charge in [-0.05, 0) is 79.9 Å². The number of aromatic nitrogens is 3. The summed E-state index contributed by atoms with van der Waals surface area (Å²) < 4.78 is 8.47. The molecule has 6 nitrogen and oxygen atoms in total. The second kappa shape index (κ2) is 10.6. The van der Waals surface area contributed by atoms with Crippen LogP contribution in [0.1, 0.15) is 85.6 Å². The average Bonchev–Trinajstić information content (AvgIpc) is 3.53. The number of hydrogen-bond acceptors (Lipinski definition) is 5. The third kappa shape index (κ3) is 5.74. The van der Waals surface area contributed by atoms with Crippen LogP contribution in [0.3, 0.4) is 0 Å². The van der Waals surface area contributed by atoms with Gasteiger partial charge in [-0.2, -0.15) is 5.10 Å². The molecule has 3 heterocycles. The van der Waals surface area contributed by atoms with Gasteiger partial charge < -0.3 is 9.64 Å². The van der Waals surface area contributed by atoms with Crippen LogP contribution < -0.4 is 4.90 Å². The molecule has 1 saturated carbocycles. The van der Waals surface area contributed by atoms with Crippen LogP contribution in [-0.2, 0) is 9.53 Å². The number of nitrogens with zero attached hydrogens (tertiary/aromatic N) is 4. The summed E-state index contributed by atoms with van der Waals surface area (Å²) in [5.74, 6) is 1.51. The molecular formula is C23H37BrN4O2. The van der Waals surface area contributed by atoms with Crippen molar-refractivity contribution in [3.05, 3.63) is 22.6 Å². The summed E-state index contributed by atoms with van der Waals surface area (Å²) in [4.78, 5) is 19.2. The lowest BCUT2D eigenvalue weighted by Gasteiger charge is -2.33. The highest BCUT2D eigenvalue weighted by Crippen LogP contribution is 2.45. The number of carbonyl (C=O) groups excluding carboxylic acids is 1. The highest BCUT2D eigenvalue weighted by atomic mass is 79.9. The Morgan fingerprint density at radius 1 is 1.10 bits per heavy atom. The molecule has 30 heavy (non-hydrogen) atoms. The summed E-state index contributed by atoms with van der Waals surface area (Å²) >= 11 is 3.62. The van der Waals surface area contributed by atoms with E-state index in [1.54, 1.807) is 6.33 Å². The van der Waals surface area contributed by atoms with E-state index >= 15 is 0 Å². The lowest BCUT2D eigenvalue weighted by molar-refractivity contribution is -0.160. The minimum Gasteiger partial charge on any atom is -0.460 e. The molecule has 7 heteroatoms. The molecular weight excluding hydrogens is 444 g/mol. The van der Waals surface area contributed by atoms with Gasteiger partial charge in [0.15, 0.2) is 5.82 Å². The average molecular weight is 481 g/mol. The highest BCUT2D eigenvalue weighted by Gasteiger charge is 2.33. The second-order valence-corrected chi connectivity index (χ2v) is 9.15. The first-order valence-electron chi connectivity index (χ1n) is 11.3. The number of piperidine rings is 1. The fraction of sp³-hybridized carbons (Fsp3) is 0.696. The number of anilines is 1. The first kappa shape index (κ1) is 24.6. The van der Waals surface area contributed by atoms with Crippen molar-refractivity contribution in [1.29, 1.82) is 0 Å². The lowest BCUT2D eigenvalue weighted by atomic mass is 9.96. The topological polar surface area (TPSA) is 59.7 Å². The van der Waals surface area contributed by atoms with Gasteiger partial charge in [0.05, 0.1) is 5.92 Å². The summed E-state index contributed by atoms with van der Waals surface area (Å²) in [6, 6.07) is 2.18. The Bertz CT molecular complexity index is 832. The largest absolute Gasteiger partial charge is 0.460 e. The Labute approximate surface area is 189 Å². The maximum absolute atomic E-state index is 12.3. The van der Waals surface area contributed by atoms with Gasteiger partial charge in [-0.3, -0.25) is 4.79 Å². The molecule has 0 amide bonds. The van der Waals surface area contributed by atoms with Crippen molar-refractivity contribution in [2.75, 3.05) is 18.0 Å². The zero-order valence-electron chi connectivity index (χ0n) is 19.5. The van der Waals surface area contributed by atoms with Gasteiger partial charge >= 0.3 is 5.97 Å². The van der Waals surface area contributed by atoms with E-state index in [-0.39, 0.29) is 11.9 Å². The Kier molecular flexibility index (Phi) is 8.71. The molecule has 168 valence electrons. The molecule has 0 spiro atoms.